The zero-order chi connectivity index (χ0) is 11.7. The summed E-state index contributed by atoms with van der Waals surface area (Å²) in [6, 6.07) is 0. The van der Waals surface area contributed by atoms with Gasteiger partial charge < -0.3 is 10.0 Å². The van der Waals surface area contributed by atoms with Gasteiger partial charge in [-0.3, -0.25) is 4.79 Å². The molecule has 0 saturated carbocycles. The number of aliphatic hydroxyl groups excluding tert-OH is 1. The molecular weight excluding hydrogens is 295 g/mol. The van der Waals surface area contributed by atoms with Gasteiger partial charge in [-0.2, -0.15) is 0 Å². The Bertz CT molecular complexity index is 225. The van der Waals surface area contributed by atoms with Gasteiger partial charge in [-0.1, -0.05) is 58.0 Å². The first-order valence-corrected chi connectivity index (χ1v) is 5.24. The summed E-state index contributed by atoms with van der Waals surface area (Å²) >= 11 is 27.2. The SMILES string of the molecule is CN(C)C(=O)C(Cl)(Cl)C(O)C(Cl)(Cl)Cl. The van der Waals surface area contributed by atoms with E-state index in [0.717, 1.165) is 4.90 Å². The lowest BCUT2D eigenvalue weighted by Crippen LogP contribution is -2.51. The van der Waals surface area contributed by atoms with Crippen molar-refractivity contribution in [1.29, 1.82) is 0 Å². The predicted octanol–water partition coefficient (Wildman–Crippen LogP) is 1.98. The highest BCUT2D eigenvalue weighted by molar-refractivity contribution is 6.70. The molecule has 0 heterocycles. The molecule has 0 aromatic heterocycles. The predicted molar refractivity (Wildman–Crippen MR) is 59.4 cm³/mol. The van der Waals surface area contributed by atoms with E-state index in [1.807, 2.05) is 0 Å². The lowest BCUT2D eigenvalue weighted by molar-refractivity contribution is -0.131. The van der Waals surface area contributed by atoms with Crippen molar-refractivity contribution >= 4 is 63.9 Å². The first kappa shape index (κ1) is 14.9. The molecule has 84 valence electrons. The number of alkyl halides is 5. The second-order valence-corrected chi connectivity index (χ2v) is 6.52. The summed E-state index contributed by atoms with van der Waals surface area (Å²) < 4.78 is -4.32. The third kappa shape index (κ3) is 3.47. The normalized spacial score (nSPS) is 15.1. The van der Waals surface area contributed by atoms with Gasteiger partial charge in [0.1, 0.15) is 6.10 Å². The quantitative estimate of drug-likeness (QED) is 0.793. The van der Waals surface area contributed by atoms with Crippen molar-refractivity contribution in [3.63, 3.8) is 0 Å². The number of carbonyl (C=O) groups is 1. The number of carbonyl (C=O) groups excluding carboxylic acids is 1. The molecule has 0 radical (unpaired) electrons. The van der Waals surface area contributed by atoms with Crippen molar-refractivity contribution in [1.82, 2.24) is 4.90 Å². The highest BCUT2D eigenvalue weighted by Crippen LogP contribution is 2.41. The van der Waals surface area contributed by atoms with Gasteiger partial charge >= 0.3 is 0 Å². The van der Waals surface area contributed by atoms with Crippen LogP contribution >= 0.6 is 58.0 Å². The van der Waals surface area contributed by atoms with Crippen LogP contribution in [0, 0.1) is 0 Å². The van der Waals surface area contributed by atoms with Crippen LogP contribution < -0.4 is 0 Å². The Labute approximate surface area is 107 Å². The minimum atomic E-state index is -2.19. The Hall–Kier alpha value is 0.880. The van der Waals surface area contributed by atoms with Crippen molar-refractivity contribution in [3.8, 4) is 0 Å². The lowest BCUT2D eigenvalue weighted by atomic mass is 10.2. The fourth-order valence-corrected chi connectivity index (χ4v) is 2.11. The molecule has 1 unspecified atom stereocenters. The Morgan fingerprint density at radius 2 is 1.57 bits per heavy atom. The number of halogens is 5. The average Bonchev–Trinajstić information content (AvgIpc) is 1.99. The molecule has 0 aromatic carbocycles. The monoisotopic (exact) mass is 301 g/mol. The van der Waals surface area contributed by atoms with Crippen LogP contribution in [0.3, 0.4) is 0 Å². The molecule has 3 nitrogen and oxygen atoms in total. The highest BCUT2D eigenvalue weighted by atomic mass is 35.6. The summed E-state index contributed by atoms with van der Waals surface area (Å²) in [7, 11) is 2.82. The maximum atomic E-state index is 11.4. The molecule has 0 aromatic rings. The van der Waals surface area contributed by atoms with Crippen molar-refractivity contribution in [2.45, 2.75) is 14.2 Å². The van der Waals surface area contributed by atoms with Crippen LogP contribution in [0.5, 0.6) is 0 Å². The van der Waals surface area contributed by atoms with E-state index in [9.17, 15) is 9.90 Å². The lowest BCUT2D eigenvalue weighted by Gasteiger charge is -2.31. The topological polar surface area (TPSA) is 40.5 Å². The van der Waals surface area contributed by atoms with Crippen LogP contribution in [0.25, 0.3) is 0 Å². The summed E-state index contributed by atoms with van der Waals surface area (Å²) in [6.45, 7) is 0. The second kappa shape index (κ2) is 4.81. The maximum absolute atomic E-state index is 11.4. The summed E-state index contributed by atoms with van der Waals surface area (Å²) in [4.78, 5) is 12.5. The average molecular weight is 303 g/mol. The molecular formula is C6H8Cl5NO2. The van der Waals surface area contributed by atoms with Gasteiger partial charge in [-0.05, 0) is 0 Å². The molecule has 1 amide bonds. The first-order valence-electron chi connectivity index (χ1n) is 3.35. The number of amides is 1. The van der Waals surface area contributed by atoms with Crippen molar-refractivity contribution < 1.29 is 9.90 Å². The Morgan fingerprint density at radius 3 is 1.79 bits per heavy atom. The summed E-state index contributed by atoms with van der Waals surface area (Å²) in [5.74, 6) is -0.764. The number of hydrogen-bond acceptors (Lipinski definition) is 2. The van der Waals surface area contributed by atoms with Gasteiger partial charge in [0, 0.05) is 14.1 Å². The Morgan fingerprint density at radius 1 is 1.21 bits per heavy atom. The summed E-state index contributed by atoms with van der Waals surface area (Å²) in [5.41, 5.74) is 0. The minimum absolute atomic E-state index is 0.764. The van der Waals surface area contributed by atoms with Crippen LogP contribution in [0.15, 0.2) is 0 Å². The van der Waals surface area contributed by atoms with Crippen LogP contribution in [0.4, 0.5) is 0 Å². The molecule has 14 heavy (non-hydrogen) atoms. The molecule has 0 bridgehead atoms. The fourth-order valence-electron chi connectivity index (χ4n) is 0.621. The Kier molecular flexibility index (Phi) is 5.11. The fraction of sp³-hybridized carbons (Fsp3) is 0.833. The van der Waals surface area contributed by atoms with E-state index in [2.05, 4.69) is 0 Å². The van der Waals surface area contributed by atoms with Gasteiger partial charge in [-0.15, -0.1) is 0 Å². The standard InChI is InChI=1S/C6H8Cl5NO2/c1-12(2)4(14)5(7,8)3(13)6(9,10)11/h3,13H,1-2H3. The molecule has 0 rings (SSSR count). The van der Waals surface area contributed by atoms with Crippen molar-refractivity contribution in [2.24, 2.45) is 0 Å². The van der Waals surface area contributed by atoms with E-state index >= 15 is 0 Å². The number of nitrogens with zero attached hydrogens (tertiary/aromatic N) is 1. The van der Waals surface area contributed by atoms with Crippen molar-refractivity contribution in [3.05, 3.63) is 0 Å². The molecule has 1 atom stereocenters. The molecule has 0 aliphatic heterocycles. The molecule has 0 spiro atoms. The Balaban J connectivity index is 4.87. The molecule has 0 fully saturated rings. The van der Waals surface area contributed by atoms with E-state index in [1.165, 1.54) is 14.1 Å². The van der Waals surface area contributed by atoms with E-state index < -0.39 is 20.1 Å². The molecule has 1 N–H and O–H groups in total. The number of rotatable bonds is 2. The molecule has 0 saturated heterocycles. The number of aliphatic hydroxyl groups is 1. The number of hydrogen-bond donors (Lipinski definition) is 1. The zero-order valence-corrected chi connectivity index (χ0v) is 11.0. The van der Waals surface area contributed by atoms with E-state index in [1.54, 1.807) is 0 Å². The molecule has 8 heteroatoms. The van der Waals surface area contributed by atoms with Gasteiger partial charge in [-0.25, -0.2) is 0 Å². The third-order valence-corrected chi connectivity index (χ3v) is 2.70. The largest absolute Gasteiger partial charge is 0.385 e. The van der Waals surface area contributed by atoms with Gasteiger partial charge in [0.2, 0.25) is 8.13 Å². The smallest absolute Gasteiger partial charge is 0.261 e. The van der Waals surface area contributed by atoms with E-state index in [-0.39, 0.29) is 0 Å². The van der Waals surface area contributed by atoms with Gasteiger partial charge in [0.05, 0.1) is 0 Å². The molecule has 0 aliphatic carbocycles. The maximum Gasteiger partial charge on any atom is 0.261 e. The summed E-state index contributed by atoms with van der Waals surface area (Å²) in [6.07, 6.45) is -1.82. The highest BCUT2D eigenvalue weighted by Gasteiger charge is 2.52. The van der Waals surface area contributed by atoms with Gasteiger partial charge in [0.15, 0.2) is 0 Å². The van der Waals surface area contributed by atoms with Crippen LogP contribution in [0.2, 0.25) is 0 Å². The van der Waals surface area contributed by atoms with Crippen LogP contribution in [-0.4, -0.2) is 44.2 Å². The third-order valence-electron chi connectivity index (χ3n) is 1.34. The van der Waals surface area contributed by atoms with Crippen LogP contribution in [-0.2, 0) is 4.79 Å². The van der Waals surface area contributed by atoms with E-state index in [4.69, 9.17) is 58.0 Å². The summed E-state index contributed by atoms with van der Waals surface area (Å²) in [5, 5.41) is 9.43. The van der Waals surface area contributed by atoms with Crippen LogP contribution in [0.1, 0.15) is 0 Å². The zero-order valence-electron chi connectivity index (χ0n) is 7.27. The van der Waals surface area contributed by atoms with Gasteiger partial charge in [0.25, 0.3) is 5.91 Å². The van der Waals surface area contributed by atoms with Crippen molar-refractivity contribution in [2.75, 3.05) is 14.1 Å². The second-order valence-electron chi connectivity index (χ2n) is 2.77. The minimum Gasteiger partial charge on any atom is -0.385 e. The first-order chi connectivity index (χ1) is 6.01. The van der Waals surface area contributed by atoms with E-state index in [0.29, 0.717) is 0 Å². The molecule has 0 aliphatic rings.